The highest BCUT2D eigenvalue weighted by Crippen LogP contribution is 2.32. The zero-order chi connectivity index (χ0) is 16.8. The van der Waals surface area contributed by atoms with Gasteiger partial charge in [-0.2, -0.15) is 0 Å². The number of nitrogens with one attached hydrogen (secondary N) is 1. The standard InChI is InChI=1S/C20H23Cl2NO/c21-18-7-6-15(14-19(18)22)10-13-24-20(16-4-2-1-3-5-16)17-8-11-23-12-9-17/h1-7,14,17,20,23H,8-13H2. The Kier molecular flexibility index (Phi) is 6.56. The first-order valence-electron chi connectivity index (χ1n) is 8.55. The van der Waals surface area contributed by atoms with Crippen molar-refractivity contribution in [3.63, 3.8) is 0 Å². The van der Waals surface area contributed by atoms with Crippen LogP contribution in [0.15, 0.2) is 48.5 Å². The van der Waals surface area contributed by atoms with E-state index in [1.54, 1.807) is 0 Å². The second-order valence-corrected chi connectivity index (χ2v) is 7.10. The van der Waals surface area contributed by atoms with Gasteiger partial charge in [-0.15, -0.1) is 0 Å². The van der Waals surface area contributed by atoms with E-state index < -0.39 is 0 Å². The van der Waals surface area contributed by atoms with E-state index >= 15 is 0 Å². The van der Waals surface area contributed by atoms with Crippen LogP contribution < -0.4 is 5.32 Å². The molecular weight excluding hydrogens is 341 g/mol. The minimum absolute atomic E-state index is 0.163. The summed E-state index contributed by atoms with van der Waals surface area (Å²) in [5.74, 6) is 0.572. The molecule has 1 fully saturated rings. The van der Waals surface area contributed by atoms with Crippen molar-refractivity contribution in [2.24, 2.45) is 5.92 Å². The number of ether oxygens (including phenoxy) is 1. The molecule has 0 spiro atoms. The summed E-state index contributed by atoms with van der Waals surface area (Å²) >= 11 is 12.1. The SMILES string of the molecule is Clc1ccc(CCOC(c2ccccc2)C2CCNCC2)cc1Cl. The van der Waals surface area contributed by atoms with Crippen molar-refractivity contribution in [1.82, 2.24) is 5.32 Å². The molecule has 2 nitrogen and oxygen atoms in total. The smallest absolute Gasteiger partial charge is 0.0854 e. The molecule has 0 amide bonds. The first-order chi connectivity index (χ1) is 11.7. The van der Waals surface area contributed by atoms with Gasteiger partial charge in [0, 0.05) is 0 Å². The normalized spacial score (nSPS) is 16.9. The largest absolute Gasteiger partial charge is 0.373 e. The van der Waals surface area contributed by atoms with Crippen molar-refractivity contribution in [2.45, 2.75) is 25.4 Å². The van der Waals surface area contributed by atoms with E-state index in [1.807, 2.05) is 18.2 Å². The summed E-state index contributed by atoms with van der Waals surface area (Å²) in [5, 5.41) is 4.63. The molecule has 1 N–H and O–H groups in total. The molecule has 0 saturated carbocycles. The van der Waals surface area contributed by atoms with E-state index in [0.29, 0.717) is 22.6 Å². The highest BCUT2D eigenvalue weighted by molar-refractivity contribution is 6.42. The number of rotatable bonds is 6. The van der Waals surface area contributed by atoms with E-state index in [4.69, 9.17) is 27.9 Å². The van der Waals surface area contributed by atoms with Gasteiger partial charge in [-0.3, -0.25) is 0 Å². The maximum Gasteiger partial charge on any atom is 0.0854 e. The fourth-order valence-corrected chi connectivity index (χ4v) is 3.61. The topological polar surface area (TPSA) is 21.3 Å². The molecule has 1 saturated heterocycles. The molecule has 0 aliphatic carbocycles. The Morgan fingerprint density at radius 2 is 1.75 bits per heavy atom. The monoisotopic (exact) mass is 363 g/mol. The van der Waals surface area contributed by atoms with Gasteiger partial charge in [0.2, 0.25) is 0 Å². The van der Waals surface area contributed by atoms with Gasteiger partial charge in [0.15, 0.2) is 0 Å². The second kappa shape index (κ2) is 8.87. The lowest BCUT2D eigenvalue weighted by molar-refractivity contribution is 0.00232. The van der Waals surface area contributed by atoms with Gasteiger partial charge >= 0.3 is 0 Å². The molecule has 0 bridgehead atoms. The summed E-state index contributed by atoms with van der Waals surface area (Å²) in [7, 11) is 0. The van der Waals surface area contributed by atoms with Crippen molar-refractivity contribution in [3.05, 3.63) is 69.7 Å². The van der Waals surface area contributed by atoms with Crippen LogP contribution in [0, 0.1) is 5.92 Å². The average molecular weight is 364 g/mol. The predicted molar refractivity (Wildman–Crippen MR) is 101 cm³/mol. The van der Waals surface area contributed by atoms with Gasteiger partial charge in [-0.25, -0.2) is 0 Å². The molecule has 0 radical (unpaired) electrons. The van der Waals surface area contributed by atoms with Crippen LogP contribution in [0.25, 0.3) is 0 Å². The molecule has 1 aliphatic rings. The predicted octanol–water partition coefficient (Wildman–Crippen LogP) is 5.29. The summed E-state index contributed by atoms with van der Waals surface area (Å²) in [6.07, 6.45) is 3.32. The molecule has 1 heterocycles. The Hall–Kier alpha value is -1.06. The van der Waals surface area contributed by atoms with Crippen LogP contribution in [0.5, 0.6) is 0 Å². The zero-order valence-corrected chi connectivity index (χ0v) is 15.2. The van der Waals surface area contributed by atoms with Crippen LogP contribution in [0.4, 0.5) is 0 Å². The highest BCUT2D eigenvalue weighted by atomic mass is 35.5. The Bertz CT molecular complexity index is 641. The van der Waals surface area contributed by atoms with Gasteiger partial charge in [-0.1, -0.05) is 59.6 Å². The number of hydrogen-bond acceptors (Lipinski definition) is 2. The fourth-order valence-electron chi connectivity index (χ4n) is 3.29. The van der Waals surface area contributed by atoms with Gasteiger partial charge in [-0.05, 0) is 61.5 Å². The molecular formula is C20H23Cl2NO. The zero-order valence-electron chi connectivity index (χ0n) is 13.7. The third-order valence-electron chi connectivity index (χ3n) is 4.61. The molecule has 128 valence electrons. The van der Waals surface area contributed by atoms with Gasteiger partial charge in [0.1, 0.15) is 0 Å². The van der Waals surface area contributed by atoms with Crippen LogP contribution in [0.2, 0.25) is 10.0 Å². The Morgan fingerprint density at radius 1 is 1.00 bits per heavy atom. The van der Waals surface area contributed by atoms with Crippen molar-refractivity contribution in [2.75, 3.05) is 19.7 Å². The first-order valence-corrected chi connectivity index (χ1v) is 9.31. The molecule has 1 atom stereocenters. The molecule has 4 heteroatoms. The minimum atomic E-state index is 0.163. The summed E-state index contributed by atoms with van der Waals surface area (Å²) in [6, 6.07) is 16.4. The highest BCUT2D eigenvalue weighted by Gasteiger charge is 2.25. The third kappa shape index (κ3) is 4.73. The lowest BCUT2D eigenvalue weighted by Gasteiger charge is -2.31. The molecule has 24 heavy (non-hydrogen) atoms. The molecule has 0 aromatic heterocycles. The van der Waals surface area contributed by atoms with Crippen LogP contribution in [0.3, 0.4) is 0 Å². The lowest BCUT2D eigenvalue weighted by atomic mass is 9.88. The van der Waals surface area contributed by atoms with Crippen LogP contribution >= 0.6 is 23.2 Å². The van der Waals surface area contributed by atoms with Crippen molar-refractivity contribution in [1.29, 1.82) is 0 Å². The maximum atomic E-state index is 6.34. The summed E-state index contributed by atoms with van der Waals surface area (Å²) in [6.45, 7) is 2.83. The summed E-state index contributed by atoms with van der Waals surface area (Å²) in [5.41, 5.74) is 2.43. The van der Waals surface area contributed by atoms with Gasteiger partial charge in [0.05, 0.1) is 22.8 Å². The Balaban J connectivity index is 1.64. The minimum Gasteiger partial charge on any atom is -0.373 e. The Labute approximate surface area is 154 Å². The molecule has 2 aromatic rings. The fraction of sp³-hybridized carbons (Fsp3) is 0.400. The van der Waals surface area contributed by atoms with Crippen molar-refractivity contribution < 1.29 is 4.74 Å². The summed E-state index contributed by atoms with van der Waals surface area (Å²) < 4.78 is 6.34. The number of benzene rings is 2. The van der Waals surface area contributed by atoms with E-state index in [-0.39, 0.29) is 6.10 Å². The maximum absolute atomic E-state index is 6.34. The number of piperidine rings is 1. The quantitative estimate of drug-likeness (QED) is 0.752. The van der Waals surface area contributed by atoms with Crippen molar-refractivity contribution in [3.8, 4) is 0 Å². The Morgan fingerprint density at radius 3 is 2.46 bits per heavy atom. The van der Waals surface area contributed by atoms with Gasteiger partial charge < -0.3 is 10.1 Å². The van der Waals surface area contributed by atoms with Crippen LogP contribution in [-0.2, 0) is 11.2 Å². The number of halogens is 2. The molecule has 1 aliphatic heterocycles. The number of hydrogen-bond donors (Lipinski definition) is 1. The molecule has 2 aromatic carbocycles. The second-order valence-electron chi connectivity index (χ2n) is 6.29. The van der Waals surface area contributed by atoms with E-state index in [0.717, 1.165) is 37.9 Å². The molecule has 1 unspecified atom stereocenters. The van der Waals surface area contributed by atoms with Crippen LogP contribution in [0.1, 0.15) is 30.1 Å². The third-order valence-corrected chi connectivity index (χ3v) is 5.35. The molecule has 3 rings (SSSR count). The van der Waals surface area contributed by atoms with E-state index in [2.05, 4.69) is 35.6 Å². The van der Waals surface area contributed by atoms with Crippen molar-refractivity contribution >= 4 is 23.2 Å². The average Bonchev–Trinajstić information content (AvgIpc) is 2.63. The van der Waals surface area contributed by atoms with Gasteiger partial charge in [0.25, 0.3) is 0 Å². The van der Waals surface area contributed by atoms with E-state index in [1.165, 1.54) is 5.56 Å². The summed E-state index contributed by atoms with van der Waals surface area (Å²) in [4.78, 5) is 0. The lowest BCUT2D eigenvalue weighted by Crippen LogP contribution is -2.32. The van der Waals surface area contributed by atoms with Crippen LogP contribution in [-0.4, -0.2) is 19.7 Å². The van der Waals surface area contributed by atoms with E-state index in [9.17, 15) is 0 Å². The first kappa shape index (κ1) is 17.8.